The average Bonchev–Trinajstić information content (AvgIpc) is 2.77. The van der Waals surface area contributed by atoms with E-state index in [-0.39, 0.29) is 18.2 Å². The van der Waals surface area contributed by atoms with Gasteiger partial charge in [0, 0.05) is 24.5 Å². The Bertz CT molecular complexity index is 993. The van der Waals surface area contributed by atoms with Crippen LogP contribution in [0.1, 0.15) is 23.6 Å². The number of nitrogens with one attached hydrogen (secondary N) is 1. The van der Waals surface area contributed by atoms with Gasteiger partial charge in [0.25, 0.3) is 0 Å². The van der Waals surface area contributed by atoms with E-state index in [0.717, 1.165) is 16.7 Å². The van der Waals surface area contributed by atoms with Crippen LogP contribution in [-0.2, 0) is 29.0 Å². The quantitative estimate of drug-likeness (QED) is 0.532. The van der Waals surface area contributed by atoms with E-state index in [1.165, 1.54) is 0 Å². The standard InChI is InChI=1S/C26H27ClN2O2/c1-2-28-26(31)24(17-20-10-5-3-6-11-20)29(19-21-12-7-4-8-13-21)25(30)18-22-14-9-15-23(27)16-22/h3-16,24H,2,17-19H2,1H3,(H,28,31)/t24-/m1/s1. The molecule has 0 bridgehead atoms. The number of carbonyl (C=O) groups excluding carboxylic acids is 2. The maximum Gasteiger partial charge on any atom is 0.243 e. The van der Waals surface area contributed by atoms with Crippen LogP contribution in [0.15, 0.2) is 84.9 Å². The van der Waals surface area contributed by atoms with Crippen LogP contribution < -0.4 is 5.32 Å². The van der Waals surface area contributed by atoms with E-state index in [9.17, 15) is 9.59 Å². The van der Waals surface area contributed by atoms with Crippen molar-refractivity contribution in [2.75, 3.05) is 6.54 Å². The smallest absolute Gasteiger partial charge is 0.243 e. The van der Waals surface area contributed by atoms with Gasteiger partial charge in [-0.05, 0) is 35.7 Å². The summed E-state index contributed by atoms with van der Waals surface area (Å²) in [5.74, 6) is -0.264. The molecule has 0 saturated heterocycles. The van der Waals surface area contributed by atoms with Crippen LogP contribution in [0.5, 0.6) is 0 Å². The van der Waals surface area contributed by atoms with Gasteiger partial charge in [-0.3, -0.25) is 9.59 Å². The van der Waals surface area contributed by atoms with E-state index in [0.29, 0.717) is 24.5 Å². The third-order valence-corrected chi connectivity index (χ3v) is 5.30. The fraction of sp³-hybridized carbons (Fsp3) is 0.231. The highest BCUT2D eigenvalue weighted by Crippen LogP contribution is 2.18. The van der Waals surface area contributed by atoms with Gasteiger partial charge in [-0.2, -0.15) is 0 Å². The number of rotatable bonds is 9. The summed E-state index contributed by atoms with van der Waals surface area (Å²) in [4.78, 5) is 28.2. The largest absolute Gasteiger partial charge is 0.355 e. The molecule has 0 fully saturated rings. The van der Waals surface area contributed by atoms with Crippen LogP contribution in [0.2, 0.25) is 5.02 Å². The molecule has 5 heteroatoms. The second-order valence-electron chi connectivity index (χ2n) is 7.41. The third-order valence-electron chi connectivity index (χ3n) is 5.06. The zero-order valence-electron chi connectivity index (χ0n) is 17.6. The zero-order chi connectivity index (χ0) is 22.1. The topological polar surface area (TPSA) is 49.4 Å². The van der Waals surface area contributed by atoms with Crippen molar-refractivity contribution < 1.29 is 9.59 Å². The van der Waals surface area contributed by atoms with Gasteiger partial charge in [0.1, 0.15) is 6.04 Å². The van der Waals surface area contributed by atoms with E-state index in [1.54, 1.807) is 17.0 Å². The lowest BCUT2D eigenvalue weighted by molar-refractivity contribution is -0.140. The Hall–Kier alpha value is -3.11. The Morgan fingerprint density at radius 2 is 1.48 bits per heavy atom. The van der Waals surface area contributed by atoms with E-state index in [1.807, 2.05) is 79.7 Å². The molecular formula is C26H27ClN2O2. The summed E-state index contributed by atoms with van der Waals surface area (Å²) < 4.78 is 0. The molecule has 0 aliphatic carbocycles. The number of hydrogen-bond acceptors (Lipinski definition) is 2. The molecule has 3 aromatic carbocycles. The van der Waals surface area contributed by atoms with Crippen molar-refractivity contribution in [3.05, 3.63) is 107 Å². The minimum absolute atomic E-state index is 0.113. The summed E-state index contributed by atoms with van der Waals surface area (Å²) in [7, 11) is 0. The summed E-state index contributed by atoms with van der Waals surface area (Å²) in [5.41, 5.74) is 2.81. The van der Waals surface area contributed by atoms with Gasteiger partial charge in [0.15, 0.2) is 0 Å². The van der Waals surface area contributed by atoms with Gasteiger partial charge in [0.2, 0.25) is 11.8 Å². The Kier molecular flexibility index (Phi) is 8.25. The SMILES string of the molecule is CCNC(=O)[C@@H](Cc1ccccc1)N(Cc1ccccc1)C(=O)Cc1cccc(Cl)c1. The Morgan fingerprint density at radius 3 is 2.10 bits per heavy atom. The molecule has 160 valence electrons. The lowest BCUT2D eigenvalue weighted by atomic mass is 10.0. The average molecular weight is 435 g/mol. The molecule has 31 heavy (non-hydrogen) atoms. The molecular weight excluding hydrogens is 408 g/mol. The van der Waals surface area contributed by atoms with Gasteiger partial charge >= 0.3 is 0 Å². The van der Waals surface area contributed by atoms with Crippen LogP contribution in [0, 0.1) is 0 Å². The van der Waals surface area contributed by atoms with Crippen LogP contribution in [0.4, 0.5) is 0 Å². The summed E-state index contributed by atoms with van der Waals surface area (Å²) in [5, 5.41) is 3.49. The van der Waals surface area contributed by atoms with Gasteiger partial charge < -0.3 is 10.2 Å². The zero-order valence-corrected chi connectivity index (χ0v) is 18.4. The van der Waals surface area contributed by atoms with E-state index in [4.69, 9.17) is 11.6 Å². The van der Waals surface area contributed by atoms with Crippen molar-refractivity contribution in [1.29, 1.82) is 0 Å². The molecule has 0 heterocycles. The van der Waals surface area contributed by atoms with Crippen molar-refractivity contribution in [1.82, 2.24) is 10.2 Å². The Labute approximate surface area is 188 Å². The van der Waals surface area contributed by atoms with Gasteiger partial charge in [-0.25, -0.2) is 0 Å². The maximum atomic E-state index is 13.5. The Balaban J connectivity index is 1.93. The number of halogens is 1. The monoisotopic (exact) mass is 434 g/mol. The maximum absolute atomic E-state index is 13.5. The highest BCUT2D eigenvalue weighted by molar-refractivity contribution is 6.30. The highest BCUT2D eigenvalue weighted by Gasteiger charge is 2.30. The van der Waals surface area contributed by atoms with Crippen molar-refractivity contribution in [2.24, 2.45) is 0 Å². The van der Waals surface area contributed by atoms with Gasteiger partial charge in [-0.1, -0.05) is 84.4 Å². The van der Waals surface area contributed by atoms with E-state index in [2.05, 4.69) is 5.32 Å². The summed E-state index contributed by atoms with van der Waals surface area (Å²) in [6, 6.07) is 26.2. The van der Waals surface area contributed by atoms with Crippen LogP contribution >= 0.6 is 11.6 Å². The minimum atomic E-state index is -0.616. The molecule has 2 amide bonds. The first-order chi connectivity index (χ1) is 15.1. The van der Waals surface area contributed by atoms with Crippen LogP contribution in [0.3, 0.4) is 0 Å². The van der Waals surface area contributed by atoms with Crippen LogP contribution in [-0.4, -0.2) is 29.3 Å². The van der Waals surface area contributed by atoms with Crippen molar-refractivity contribution in [2.45, 2.75) is 32.4 Å². The number of carbonyl (C=O) groups is 2. The molecule has 0 aliphatic rings. The molecule has 1 atom stereocenters. The number of likely N-dealkylation sites (N-methyl/N-ethyl adjacent to an activating group) is 1. The lowest BCUT2D eigenvalue weighted by Gasteiger charge is -2.31. The fourth-order valence-corrected chi connectivity index (χ4v) is 3.76. The molecule has 0 saturated carbocycles. The number of hydrogen-bond donors (Lipinski definition) is 1. The second kappa shape index (κ2) is 11.3. The normalized spacial score (nSPS) is 11.5. The summed E-state index contributed by atoms with van der Waals surface area (Å²) >= 11 is 6.11. The molecule has 3 aromatic rings. The number of nitrogens with zero attached hydrogens (tertiary/aromatic N) is 1. The predicted molar refractivity (Wildman–Crippen MR) is 125 cm³/mol. The van der Waals surface area contributed by atoms with Crippen molar-refractivity contribution >= 4 is 23.4 Å². The van der Waals surface area contributed by atoms with E-state index >= 15 is 0 Å². The van der Waals surface area contributed by atoms with Crippen LogP contribution in [0.25, 0.3) is 0 Å². The predicted octanol–water partition coefficient (Wildman–Crippen LogP) is 4.66. The molecule has 4 nitrogen and oxygen atoms in total. The number of benzene rings is 3. The first-order valence-corrected chi connectivity index (χ1v) is 10.8. The van der Waals surface area contributed by atoms with Gasteiger partial charge in [0.05, 0.1) is 6.42 Å². The number of amides is 2. The first-order valence-electron chi connectivity index (χ1n) is 10.5. The second-order valence-corrected chi connectivity index (χ2v) is 7.85. The Morgan fingerprint density at radius 1 is 0.871 bits per heavy atom. The molecule has 3 rings (SSSR count). The lowest BCUT2D eigenvalue weighted by Crippen LogP contribution is -2.50. The summed E-state index contributed by atoms with van der Waals surface area (Å²) in [6.07, 6.45) is 0.624. The van der Waals surface area contributed by atoms with E-state index < -0.39 is 6.04 Å². The molecule has 0 aliphatic heterocycles. The van der Waals surface area contributed by atoms with Crippen molar-refractivity contribution in [3.8, 4) is 0 Å². The van der Waals surface area contributed by atoms with Gasteiger partial charge in [-0.15, -0.1) is 0 Å². The first kappa shape index (κ1) is 22.6. The minimum Gasteiger partial charge on any atom is -0.355 e. The van der Waals surface area contributed by atoms with Crippen molar-refractivity contribution in [3.63, 3.8) is 0 Å². The molecule has 0 aromatic heterocycles. The molecule has 0 spiro atoms. The highest BCUT2D eigenvalue weighted by atomic mass is 35.5. The fourth-order valence-electron chi connectivity index (χ4n) is 3.55. The molecule has 1 N–H and O–H groups in total. The third kappa shape index (κ3) is 6.69. The molecule has 0 unspecified atom stereocenters. The molecule has 0 radical (unpaired) electrons. The summed E-state index contributed by atoms with van der Waals surface area (Å²) in [6.45, 7) is 2.74.